The number of pyridine rings is 1. The Morgan fingerprint density at radius 2 is 1.84 bits per heavy atom. The Balaban J connectivity index is 2.50. The largest absolute Gasteiger partial charge is 0.497 e. The molecule has 5 heteroatoms. The highest BCUT2D eigenvalue weighted by atomic mass is 16.5. The molecule has 2 aromatic rings. The summed E-state index contributed by atoms with van der Waals surface area (Å²) in [5, 5.41) is 0. The summed E-state index contributed by atoms with van der Waals surface area (Å²) in [6.07, 6.45) is 0. The molecule has 2 N–H and O–H groups in total. The Morgan fingerprint density at radius 1 is 1.16 bits per heavy atom. The number of methoxy groups -OCH3 is 2. The van der Waals surface area contributed by atoms with E-state index in [2.05, 4.69) is 9.72 Å². The predicted molar refractivity (Wildman–Crippen MR) is 72.0 cm³/mol. The summed E-state index contributed by atoms with van der Waals surface area (Å²) in [5.41, 5.74) is 7.98. The molecule has 0 spiro atoms. The van der Waals surface area contributed by atoms with Crippen LogP contribution in [0, 0.1) is 0 Å². The Labute approximate surface area is 111 Å². The van der Waals surface area contributed by atoms with Crippen molar-refractivity contribution in [3.8, 4) is 17.0 Å². The first-order valence-electron chi connectivity index (χ1n) is 5.64. The first-order valence-corrected chi connectivity index (χ1v) is 5.64. The van der Waals surface area contributed by atoms with Crippen LogP contribution >= 0.6 is 0 Å². The number of hydrogen-bond acceptors (Lipinski definition) is 5. The van der Waals surface area contributed by atoms with Gasteiger partial charge in [-0.2, -0.15) is 0 Å². The fourth-order valence-corrected chi connectivity index (χ4v) is 1.63. The third kappa shape index (κ3) is 2.82. The van der Waals surface area contributed by atoms with E-state index in [0.29, 0.717) is 17.1 Å². The minimum Gasteiger partial charge on any atom is -0.497 e. The highest BCUT2D eigenvalue weighted by Crippen LogP contribution is 2.24. The van der Waals surface area contributed by atoms with Crippen molar-refractivity contribution >= 4 is 11.7 Å². The zero-order valence-corrected chi connectivity index (χ0v) is 10.7. The third-order valence-corrected chi connectivity index (χ3v) is 2.64. The standard InChI is InChI=1S/C14H14N2O3/c1-18-11-7-12(9-3-5-10(15)6-4-9)16-13(8-11)14(17)19-2/h3-8H,15H2,1-2H3. The van der Waals surface area contributed by atoms with Gasteiger partial charge in [0, 0.05) is 23.4 Å². The number of ether oxygens (including phenoxy) is 2. The number of rotatable bonds is 3. The molecule has 1 aromatic heterocycles. The van der Waals surface area contributed by atoms with Gasteiger partial charge in [-0.05, 0) is 12.1 Å². The maximum absolute atomic E-state index is 11.6. The number of nitrogens with two attached hydrogens (primary N) is 1. The number of carbonyl (C=O) groups is 1. The van der Waals surface area contributed by atoms with Crippen molar-refractivity contribution < 1.29 is 14.3 Å². The van der Waals surface area contributed by atoms with Crippen molar-refractivity contribution in [1.82, 2.24) is 4.98 Å². The van der Waals surface area contributed by atoms with E-state index in [9.17, 15) is 4.79 Å². The normalized spacial score (nSPS) is 10.0. The first-order chi connectivity index (χ1) is 9.13. The van der Waals surface area contributed by atoms with Gasteiger partial charge in [-0.3, -0.25) is 0 Å². The van der Waals surface area contributed by atoms with Gasteiger partial charge in [0.15, 0.2) is 5.69 Å². The molecule has 0 saturated heterocycles. The summed E-state index contributed by atoms with van der Waals surface area (Å²) in [6.45, 7) is 0. The molecule has 1 heterocycles. The molecular weight excluding hydrogens is 244 g/mol. The monoisotopic (exact) mass is 258 g/mol. The molecule has 0 aliphatic rings. The Kier molecular flexibility index (Phi) is 3.66. The van der Waals surface area contributed by atoms with E-state index in [1.807, 2.05) is 12.1 Å². The highest BCUT2D eigenvalue weighted by molar-refractivity contribution is 5.88. The number of nitrogen functional groups attached to an aromatic ring is 1. The number of aromatic nitrogens is 1. The van der Waals surface area contributed by atoms with Crippen molar-refractivity contribution in [2.24, 2.45) is 0 Å². The third-order valence-electron chi connectivity index (χ3n) is 2.64. The highest BCUT2D eigenvalue weighted by Gasteiger charge is 2.12. The maximum Gasteiger partial charge on any atom is 0.356 e. The molecule has 0 unspecified atom stereocenters. The van der Waals surface area contributed by atoms with Crippen molar-refractivity contribution in [2.75, 3.05) is 20.0 Å². The van der Waals surface area contributed by atoms with Crippen LogP contribution < -0.4 is 10.5 Å². The fourth-order valence-electron chi connectivity index (χ4n) is 1.63. The van der Waals surface area contributed by atoms with Crippen LogP contribution in [0.2, 0.25) is 0 Å². The van der Waals surface area contributed by atoms with Crippen LogP contribution in [-0.4, -0.2) is 25.2 Å². The fraction of sp³-hybridized carbons (Fsp3) is 0.143. The molecular formula is C14H14N2O3. The lowest BCUT2D eigenvalue weighted by atomic mass is 10.1. The van der Waals surface area contributed by atoms with Gasteiger partial charge >= 0.3 is 5.97 Å². The number of hydrogen-bond donors (Lipinski definition) is 1. The van der Waals surface area contributed by atoms with E-state index in [0.717, 1.165) is 5.56 Å². The van der Waals surface area contributed by atoms with Crippen LogP contribution in [0.25, 0.3) is 11.3 Å². The van der Waals surface area contributed by atoms with Gasteiger partial charge in [-0.1, -0.05) is 12.1 Å². The molecule has 0 radical (unpaired) electrons. The van der Waals surface area contributed by atoms with Crippen molar-refractivity contribution in [3.05, 3.63) is 42.1 Å². The average molecular weight is 258 g/mol. The number of benzene rings is 1. The number of anilines is 1. The Bertz CT molecular complexity index is 594. The lowest BCUT2D eigenvalue weighted by molar-refractivity contribution is 0.0593. The lowest BCUT2D eigenvalue weighted by Crippen LogP contribution is -2.05. The SMILES string of the molecule is COC(=O)c1cc(OC)cc(-c2ccc(N)cc2)n1. The van der Waals surface area contributed by atoms with Crippen molar-refractivity contribution in [3.63, 3.8) is 0 Å². The molecule has 0 bridgehead atoms. The van der Waals surface area contributed by atoms with Gasteiger partial charge in [-0.15, -0.1) is 0 Å². The van der Waals surface area contributed by atoms with E-state index in [1.165, 1.54) is 20.3 Å². The van der Waals surface area contributed by atoms with Crippen LogP contribution in [-0.2, 0) is 4.74 Å². The van der Waals surface area contributed by atoms with Gasteiger partial charge in [-0.25, -0.2) is 9.78 Å². The molecule has 1 aromatic carbocycles. The zero-order valence-electron chi connectivity index (χ0n) is 10.7. The molecule has 2 rings (SSSR count). The molecule has 0 amide bonds. The molecule has 0 aliphatic carbocycles. The average Bonchev–Trinajstić information content (AvgIpc) is 2.46. The summed E-state index contributed by atoms with van der Waals surface area (Å²) in [6, 6.07) is 10.5. The number of carbonyl (C=O) groups excluding carboxylic acids is 1. The second-order valence-electron chi connectivity index (χ2n) is 3.89. The predicted octanol–water partition coefficient (Wildman–Crippen LogP) is 2.13. The van der Waals surface area contributed by atoms with E-state index in [-0.39, 0.29) is 5.69 Å². The Hall–Kier alpha value is -2.56. The quantitative estimate of drug-likeness (QED) is 0.674. The summed E-state index contributed by atoms with van der Waals surface area (Å²) >= 11 is 0. The van der Waals surface area contributed by atoms with Crippen molar-refractivity contribution in [1.29, 1.82) is 0 Å². The molecule has 5 nitrogen and oxygen atoms in total. The first kappa shape index (κ1) is 12.9. The second-order valence-corrected chi connectivity index (χ2v) is 3.89. The number of esters is 1. The van der Waals surface area contributed by atoms with E-state index in [4.69, 9.17) is 10.5 Å². The molecule has 0 saturated carbocycles. The zero-order chi connectivity index (χ0) is 13.8. The van der Waals surface area contributed by atoms with Crippen LogP contribution in [0.15, 0.2) is 36.4 Å². The minimum absolute atomic E-state index is 0.202. The smallest absolute Gasteiger partial charge is 0.356 e. The molecule has 0 atom stereocenters. The number of nitrogens with zero attached hydrogens (tertiary/aromatic N) is 1. The molecule has 0 fully saturated rings. The summed E-state index contributed by atoms with van der Waals surface area (Å²) < 4.78 is 9.83. The summed E-state index contributed by atoms with van der Waals surface area (Å²) in [4.78, 5) is 15.8. The second kappa shape index (κ2) is 5.39. The lowest BCUT2D eigenvalue weighted by Gasteiger charge is -2.07. The van der Waals surface area contributed by atoms with Crippen LogP contribution in [0.1, 0.15) is 10.5 Å². The topological polar surface area (TPSA) is 74.4 Å². The maximum atomic E-state index is 11.6. The minimum atomic E-state index is -0.504. The van der Waals surface area contributed by atoms with Crippen LogP contribution in [0.5, 0.6) is 5.75 Å². The van der Waals surface area contributed by atoms with Gasteiger partial charge in [0.05, 0.1) is 19.9 Å². The Morgan fingerprint density at radius 3 is 2.42 bits per heavy atom. The van der Waals surface area contributed by atoms with Crippen LogP contribution in [0.4, 0.5) is 5.69 Å². The van der Waals surface area contributed by atoms with Crippen LogP contribution in [0.3, 0.4) is 0 Å². The van der Waals surface area contributed by atoms with Gasteiger partial charge in [0.2, 0.25) is 0 Å². The molecule has 98 valence electrons. The van der Waals surface area contributed by atoms with Gasteiger partial charge in [0.25, 0.3) is 0 Å². The van der Waals surface area contributed by atoms with Gasteiger partial charge in [0.1, 0.15) is 5.75 Å². The van der Waals surface area contributed by atoms with E-state index >= 15 is 0 Å². The van der Waals surface area contributed by atoms with E-state index < -0.39 is 5.97 Å². The van der Waals surface area contributed by atoms with Gasteiger partial charge < -0.3 is 15.2 Å². The summed E-state index contributed by atoms with van der Waals surface area (Å²) in [5.74, 6) is 0.0396. The van der Waals surface area contributed by atoms with E-state index in [1.54, 1.807) is 18.2 Å². The molecule has 0 aliphatic heterocycles. The summed E-state index contributed by atoms with van der Waals surface area (Å²) in [7, 11) is 2.84. The van der Waals surface area contributed by atoms with Crippen molar-refractivity contribution in [2.45, 2.75) is 0 Å². The molecule has 19 heavy (non-hydrogen) atoms.